The first kappa shape index (κ1) is 17.8. The molecule has 132 valence electrons. The zero-order valence-electron chi connectivity index (χ0n) is 14.1. The van der Waals surface area contributed by atoms with E-state index in [0.717, 1.165) is 38.5 Å². The second kappa shape index (κ2) is 8.89. The average molecular weight is 360 g/mol. The van der Waals surface area contributed by atoms with E-state index in [2.05, 4.69) is 34.9 Å². The summed E-state index contributed by atoms with van der Waals surface area (Å²) < 4.78 is 18.3. The Labute approximate surface area is 153 Å². The minimum atomic E-state index is -0.261. The van der Waals surface area contributed by atoms with Crippen molar-refractivity contribution in [1.29, 1.82) is 0 Å². The summed E-state index contributed by atoms with van der Waals surface area (Å²) in [5, 5.41) is 6.73. The van der Waals surface area contributed by atoms with E-state index in [1.807, 2.05) is 0 Å². The predicted molar refractivity (Wildman–Crippen MR) is 101 cm³/mol. The van der Waals surface area contributed by atoms with E-state index in [1.165, 1.54) is 23.3 Å². The molecule has 1 saturated heterocycles. The Hall–Kier alpha value is -2.02. The largest absolute Gasteiger partial charge is 0.370 e. The number of morpholine rings is 1. The molecular formula is C19H23FN3OS+. The van der Waals surface area contributed by atoms with Crippen molar-refractivity contribution in [3.05, 3.63) is 65.5 Å². The number of hydrogen-bond donors (Lipinski definition) is 3. The van der Waals surface area contributed by atoms with Gasteiger partial charge < -0.3 is 20.3 Å². The number of ether oxygens (including phenoxy) is 1. The Bertz CT molecular complexity index is 685. The first-order valence-corrected chi connectivity index (χ1v) is 8.89. The van der Waals surface area contributed by atoms with Crippen molar-refractivity contribution in [3.63, 3.8) is 0 Å². The Morgan fingerprint density at radius 3 is 2.32 bits per heavy atom. The highest BCUT2D eigenvalue weighted by atomic mass is 32.1. The number of thiocarbonyl (C=S) groups is 1. The van der Waals surface area contributed by atoms with Gasteiger partial charge in [0.15, 0.2) is 5.11 Å². The summed E-state index contributed by atoms with van der Waals surface area (Å²) in [7, 11) is 0. The van der Waals surface area contributed by atoms with Crippen molar-refractivity contribution in [3.8, 4) is 0 Å². The molecule has 0 radical (unpaired) electrons. The Balaban J connectivity index is 1.44. The number of anilines is 1. The highest BCUT2D eigenvalue weighted by molar-refractivity contribution is 7.80. The number of halogens is 1. The van der Waals surface area contributed by atoms with Gasteiger partial charge in [0.05, 0.1) is 13.2 Å². The number of nitrogens with one attached hydrogen (secondary N) is 3. The molecule has 0 saturated carbocycles. The molecule has 6 heteroatoms. The van der Waals surface area contributed by atoms with Gasteiger partial charge >= 0.3 is 0 Å². The average Bonchev–Trinajstić information content (AvgIpc) is 2.64. The lowest BCUT2D eigenvalue weighted by molar-refractivity contribution is -0.921. The van der Waals surface area contributed by atoms with Crippen LogP contribution >= 0.6 is 12.2 Å². The summed E-state index contributed by atoms with van der Waals surface area (Å²) >= 11 is 5.27. The van der Waals surface area contributed by atoms with Crippen molar-refractivity contribution in [2.75, 3.05) is 31.6 Å². The zero-order chi connectivity index (χ0) is 17.5. The number of quaternary nitrogens is 1. The fourth-order valence-corrected chi connectivity index (χ4v) is 2.98. The number of hydrogen-bond acceptors (Lipinski definition) is 2. The molecule has 0 amide bonds. The van der Waals surface area contributed by atoms with E-state index < -0.39 is 0 Å². The summed E-state index contributed by atoms with van der Waals surface area (Å²) in [6.07, 6.45) is 0. The van der Waals surface area contributed by atoms with Crippen LogP contribution in [0.1, 0.15) is 11.1 Å². The van der Waals surface area contributed by atoms with Crippen LogP contribution in [0.5, 0.6) is 0 Å². The smallest absolute Gasteiger partial charge is 0.171 e. The maximum Gasteiger partial charge on any atom is 0.171 e. The lowest BCUT2D eigenvalue weighted by Crippen LogP contribution is -3.12. The molecule has 4 nitrogen and oxygen atoms in total. The molecule has 25 heavy (non-hydrogen) atoms. The summed E-state index contributed by atoms with van der Waals surface area (Å²) in [5.41, 5.74) is 3.28. The summed E-state index contributed by atoms with van der Waals surface area (Å²) in [6.45, 7) is 5.56. The lowest BCUT2D eigenvalue weighted by Gasteiger charge is -2.23. The molecule has 1 aliphatic rings. The van der Waals surface area contributed by atoms with Crippen molar-refractivity contribution >= 4 is 23.0 Å². The van der Waals surface area contributed by atoms with Gasteiger partial charge in [0.25, 0.3) is 0 Å². The Kier molecular flexibility index (Phi) is 6.33. The fraction of sp³-hybridized carbons (Fsp3) is 0.316. The van der Waals surface area contributed by atoms with Crippen LogP contribution in [0.25, 0.3) is 0 Å². The molecule has 1 aliphatic heterocycles. The van der Waals surface area contributed by atoms with Crippen LogP contribution in [0.15, 0.2) is 48.5 Å². The molecule has 2 aromatic rings. The molecule has 1 fully saturated rings. The van der Waals surface area contributed by atoms with Crippen molar-refractivity contribution in [1.82, 2.24) is 5.32 Å². The Morgan fingerprint density at radius 1 is 1.00 bits per heavy atom. The van der Waals surface area contributed by atoms with E-state index in [-0.39, 0.29) is 5.82 Å². The molecule has 2 aromatic carbocycles. The molecule has 1 heterocycles. The van der Waals surface area contributed by atoms with Gasteiger partial charge in [-0.15, -0.1) is 0 Å². The van der Waals surface area contributed by atoms with Crippen LogP contribution in [0.3, 0.4) is 0 Å². The van der Waals surface area contributed by atoms with Crippen molar-refractivity contribution in [2.24, 2.45) is 0 Å². The van der Waals surface area contributed by atoms with Crippen molar-refractivity contribution in [2.45, 2.75) is 13.1 Å². The van der Waals surface area contributed by atoms with Crippen LogP contribution in [-0.2, 0) is 17.8 Å². The van der Waals surface area contributed by atoms with E-state index in [4.69, 9.17) is 17.0 Å². The third kappa shape index (κ3) is 5.77. The SMILES string of the molecule is Fc1ccc(NC(=S)NCc2ccc(C[NH+]3CCOCC3)cc2)cc1. The Morgan fingerprint density at radius 2 is 1.64 bits per heavy atom. The van der Waals surface area contributed by atoms with E-state index in [1.54, 1.807) is 17.0 Å². The van der Waals surface area contributed by atoms with Crippen LogP contribution in [0.4, 0.5) is 10.1 Å². The first-order chi connectivity index (χ1) is 12.2. The first-order valence-electron chi connectivity index (χ1n) is 8.48. The molecule has 3 N–H and O–H groups in total. The van der Waals surface area contributed by atoms with Crippen molar-refractivity contribution < 1.29 is 14.0 Å². The fourth-order valence-electron chi connectivity index (χ4n) is 2.79. The predicted octanol–water partition coefficient (Wildman–Crippen LogP) is 1.73. The number of benzene rings is 2. The molecule has 3 rings (SSSR count). The monoisotopic (exact) mass is 360 g/mol. The molecule has 0 atom stereocenters. The minimum Gasteiger partial charge on any atom is -0.370 e. The van der Waals surface area contributed by atoms with Gasteiger partial charge in [0.1, 0.15) is 25.5 Å². The topological polar surface area (TPSA) is 37.7 Å². The zero-order valence-corrected chi connectivity index (χ0v) is 14.9. The molecule has 0 bridgehead atoms. The van der Waals surface area contributed by atoms with Gasteiger partial charge in [-0.25, -0.2) is 4.39 Å². The van der Waals surface area contributed by atoms with Gasteiger partial charge in [0, 0.05) is 17.8 Å². The van der Waals surface area contributed by atoms with Gasteiger partial charge in [-0.2, -0.15) is 0 Å². The van der Waals surface area contributed by atoms with Crippen LogP contribution in [0, 0.1) is 5.82 Å². The van der Waals surface area contributed by atoms with Gasteiger partial charge in [-0.1, -0.05) is 24.3 Å². The van der Waals surface area contributed by atoms with Crippen LogP contribution < -0.4 is 15.5 Å². The molecule has 0 aromatic heterocycles. The lowest BCUT2D eigenvalue weighted by atomic mass is 10.1. The van der Waals surface area contributed by atoms with E-state index in [9.17, 15) is 4.39 Å². The molecule has 0 aliphatic carbocycles. The summed E-state index contributed by atoms with van der Waals surface area (Å²) in [6, 6.07) is 14.7. The highest BCUT2D eigenvalue weighted by Gasteiger charge is 2.13. The van der Waals surface area contributed by atoms with E-state index >= 15 is 0 Å². The second-order valence-corrected chi connectivity index (χ2v) is 6.58. The number of rotatable bonds is 5. The van der Waals surface area contributed by atoms with Gasteiger partial charge in [-0.05, 0) is 42.0 Å². The van der Waals surface area contributed by atoms with Gasteiger partial charge in [-0.3, -0.25) is 0 Å². The van der Waals surface area contributed by atoms with Crippen LogP contribution in [0.2, 0.25) is 0 Å². The second-order valence-electron chi connectivity index (χ2n) is 6.17. The molecular weight excluding hydrogens is 337 g/mol. The maximum absolute atomic E-state index is 12.9. The van der Waals surface area contributed by atoms with Crippen LogP contribution in [-0.4, -0.2) is 31.4 Å². The minimum absolute atomic E-state index is 0.261. The van der Waals surface area contributed by atoms with Gasteiger partial charge in [0.2, 0.25) is 0 Å². The third-order valence-corrected chi connectivity index (χ3v) is 4.48. The summed E-state index contributed by atoms with van der Waals surface area (Å²) in [5.74, 6) is -0.261. The molecule has 0 spiro atoms. The maximum atomic E-state index is 12.9. The molecule has 0 unspecified atom stereocenters. The normalized spacial score (nSPS) is 14.9. The standard InChI is InChI=1S/C19H22FN3OS/c20-17-5-7-18(8-6-17)22-19(25)21-13-15-1-3-16(4-2-15)14-23-9-11-24-12-10-23/h1-8H,9-14H2,(H2,21,22,25)/p+1. The summed E-state index contributed by atoms with van der Waals surface area (Å²) in [4.78, 5) is 1.57. The quantitative estimate of drug-likeness (QED) is 0.710. The highest BCUT2D eigenvalue weighted by Crippen LogP contribution is 2.08. The van der Waals surface area contributed by atoms with E-state index in [0.29, 0.717) is 11.7 Å². The third-order valence-electron chi connectivity index (χ3n) is 4.23.